The molecule has 1 aromatic heterocycles. The fourth-order valence-electron chi connectivity index (χ4n) is 2.72. The van der Waals surface area contributed by atoms with E-state index in [9.17, 15) is 0 Å². The van der Waals surface area contributed by atoms with Gasteiger partial charge in [0.15, 0.2) is 0 Å². The summed E-state index contributed by atoms with van der Waals surface area (Å²) in [7, 11) is 0. The van der Waals surface area contributed by atoms with Crippen LogP contribution in [0.15, 0.2) is 18.3 Å². The second kappa shape index (κ2) is 6.39. The van der Waals surface area contributed by atoms with Crippen molar-refractivity contribution in [1.29, 1.82) is 0 Å². The van der Waals surface area contributed by atoms with Gasteiger partial charge in [-0.3, -0.25) is 0 Å². The molecule has 0 amide bonds. The lowest BCUT2D eigenvalue weighted by atomic mass is 9.89. The number of piperidine rings is 1. The van der Waals surface area contributed by atoms with Crippen LogP contribution in [0.2, 0.25) is 0 Å². The molecule has 0 atom stereocenters. The van der Waals surface area contributed by atoms with Crippen LogP contribution in [-0.4, -0.2) is 31.2 Å². The highest BCUT2D eigenvalue weighted by Crippen LogP contribution is 2.20. The molecule has 0 spiro atoms. The van der Waals surface area contributed by atoms with E-state index in [1.54, 1.807) is 0 Å². The highest BCUT2D eigenvalue weighted by atomic mass is 14.9. The minimum absolute atomic E-state index is 0.192. The van der Waals surface area contributed by atoms with Gasteiger partial charge in [-0.05, 0) is 56.9 Å². The number of rotatable bonds is 6. The van der Waals surface area contributed by atoms with Crippen LogP contribution in [0.25, 0.3) is 0 Å². The first-order valence-corrected chi connectivity index (χ1v) is 7.24. The van der Waals surface area contributed by atoms with Gasteiger partial charge in [0.2, 0.25) is 0 Å². The van der Waals surface area contributed by atoms with E-state index in [-0.39, 0.29) is 5.41 Å². The van der Waals surface area contributed by atoms with Crippen LogP contribution < -0.4 is 10.6 Å². The van der Waals surface area contributed by atoms with E-state index >= 15 is 0 Å². The molecule has 3 nitrogen and oxygen atoms in total. The maximum absolute atomic E-state index is 3.62. The Morgan fingerprint density at radius 3 is 2.78 bits per heavy atom. The number of aromatic amines is 1. The van der Waals surface area contributed by atoms with Gasteiger partial charge in [-0.1, -0.05) is 13.8 Å². The minimum Gasteiger partial charge on any atom is -0.365 e. The SMILES string of the molecule is CC(C)(CNCCC1CCNCC1)c1ccc[nH]1. The molecule has 2 heterocycles. The molecule has 1 aliphatic heterocycles. The predicted molar refractivity (Wildman–Crippen MR) is 76.9 cm³/mol. The van der Waals surface area contributed by atoms with Crippen molar-refractivity contribution < 1.29 is 0 Å². The zero-order valence-electron chi connectivity index (χ0n) is 11.8. The van der Waals surface area contributed by atoms with Crippen molar-refractivity contribution in [2.45, 2.75) is 38.5 Å². The smallest absolute Gasteiger partial charge is 0.0217 e. The Hall–Kier alpha value is -0.800. The second-order valence-electron chi connectivity index (χ2n) is 6.13. The number of hydrogen-bond acceptors (Lipinski definition) is 2. The zero-order chi connectivity index (χ0) is 12.8. The maximum Gasteiger partial charge on any atom is 0.0217 e. The molecule has 0 aromatic carbocycles. The molecule has 0 saturated carbocycles. The van der Waals surface area contributed by atoms with Crippen molar-refractivity contribution in [2.75, 3.05) is 26.2 Å². The van der Waals surface area contributed by atoms with Crippen LogP contribution in [0.1, 0.15) is 38.8 Å². The Morgan fingerprint density at radius 1 is 1.33 bits per heavy atom. The Kier molecular flexibility index (Phi) is 4.84. The van der Waals surface area contributed by atoms with Crippen molar-refractivity contribution >= 4 is 0 Å². The summed E-state index contributed by atoms with van der Waals surface area (Å²) < 4.78 is 0. The monoisotopic (exact) mass is 249 g/mol. The van der Waals surface area contributed by atoms with Gasteiger partial charge in [-0.2, -0.15) is 0 Å². The summed E-state index contributed by atoms with van der Waals surface area (Å²) in [5.74, 6) is 0.923. The Bertz CT molecular complexity index is 324. The molecule has 3 heteroatoms. The fourth-order valence-corrected chi connectivity index (χ4v) is 2.72. The molecule has 0 radical (unpaired) electrons. The maximum atomic E-state index is 3.62. The van der Waals surface area contributed by atoms with E-state index < -0.39 is 0 Å². The van der Waals surface area contributed by atoms with Crippen molar-refractivity contribution in [3.63, 3.8) is 0 Å². The van der Waals surface area contributed by atoms with E-state index in [4.69, 9.17) is 0 Å². The van der Waals surface area contributed by atoms with Crippen molar-refractivity contribution in [2.24, 2.45) is 5.92 Å². The van der Waals surface area contributed by atoms with Gasteiger partial charge in [-0.25, -0.2) is 0 Å². The fraction of sp³-hybridized carbons (Fsp3) is 0.733. The average Bonchev–Trinajstić information content (AvgIpc) is 2.91. The summed E-state index contributed by atoms with van der Waals surface area (Å²) in [6.45, 7) is 9.18. The Labute approximate surface area is 111 Å². The van der Waals surface area contributed by atoms with Gasteiger partial charge in [0, 0.05) is 23.9 Å². The lowest BCUT2D eigenvalue weighted by Crippen LogP contribution is -2.35. The average molecular weight is 249 g/mol. The molecular formula is C15H27N3. The van der Waals surface area contributed by atoms with Crippen LogP contribution >= 0.6 is 0 Å². The number of aromatic nitrogens is 1. The number of nitrogens with one attached hydrogen (secondary N) is 3. The van der Waals surface area contributed by atoms with Crippen molar-refractivity contribution in [3.8, 4) is 0 Å². The van der Waals surface area contributed by atoms with Crippen LogP contribution in [0, 0.1) is 5.92 Å². The molecule has 1 aliphatic rings. The molecule has 1 saturated heterocycles. The third-order valence-corrected chi connectivity index (χ3v) is 4.08. The van der Waals surface area contributed by atoms with E-state index in [0.29, 0.717) is 0 Å². The summed E-state index contributed by atoms with van der Waals surface area (Å²) in [6, 6.07) is 4.25. The third kappa shape index (κ3) is 3.85. The molecule has 1 fully saturated rings. The quantitative estimate of drug-likeness (QED) is 0.677. The van der Waals surface area contributed by atoms with Crippen LogP contribution in [0.5, 0.6) is 0 Å². The lowest BCUT2D eigenvalue weighted by Gasteiger charge is -2.26. The molecule has 3 N–H and O–H groups in total. The van der Waals surface area contributed by atoms with Crippen molar-refractivity contribution in [1.82, 2.24) is 15.6 Å². The van der Waals surface area contributed by atoms with Gasteiger partial charge in [0.05, 0.1) is 0 Å². The third-order valence-electron chi connectivity index (χ3n) is 4.08. The predicted octanol–water partition coefficient (Wildman–Crippen LogP) is 2.27. The second-order valence-corrected chi connectivity index (χ2v) is 6.13. The largest absolute Gasteiger partial charge is 0.365 e. The molecule has 0 unspecified atom stereocenters. The summed E-state index contributed by atoms with van der Waals surface area (Å²) in [5, 5.41) is 7.04. The zero-order valence-corrected chi connectivity index (χ0v) is 11.8. The Balaban J connectivity index is 1.65. The topological polar surface area (TPSA) is 39.8 Å². The van der Waals surface area contributed by atoms with Gasteiger partial charge < -0.3 is 15.6 Å². The van der Waals surface area contributed by atoms with Crippen LogP contribution in [0.3, 0.4) is 0 Å². The summed E-state index contributed by atoms with van der Waals surface area (Å²) in [6.07, 6.45) is 6.03. The lowest BCUT2D eigenvalue weighted by molar-refractivity contribution is 0.341. The molecule has 1 aromatic rings. The highest BCUT2D eigenvalue weighted by Gasteiger charge is 2.21. The van der Waals surface area contributed by atoms with Gasteiger partial charge in [0.1, 0.15) is 0 Å². The Morgan fingerprint density at radius 2 is 2.11 bits per heavy atom. The minimum atomic E-state index is 0.192. The van der Waals surface area contributed by atoms with E-state index in [2.05, 4.69) is 41.6 Å². The standard InChI is InChI=1S/C15H27N3/c1-15(2,14-4-3-8-18-14)12-17-11-7-13-5-9-16-10-6-13/h3-4,8,13,16-18H,5-7,9-12H2,1-2H3. The number of hydrogen-bond donors (Lipinski definition) is 3. The summed E-state index contributed by atoms with van der Waals surface area (Å²) in [4.78, 5) is 3.32. The van der Waals surface area contributed by atoms with Gasteiger partial charge in [0.25, 0.3) is 0 Å². The van der Waals surface area contributed by atoms with E-state index in [1.807, 2.05) is 6.20 Å². The molecular weight excluding hydrogens is 222 g/mol. The molecule has 18 heavy (non-hydrogen) atoms. The van der Waals surface area contributed by atoms with Crippen molar-refractivity contribution in [3.05, 3.63) is 24.0 Å². The molecule has 0 aliphatic carbocycles. The summed E-state index contributed by atoms with van der Waals surface area (Å²) >= 11 is 0. The number of H-pyrrole nitrogens is 1. The molecule has 102 valence electrons. The first-order valence-electron chi connectivity index (χ1n) is 7.24. The van der Waals surface area contributed by atoms with E-state index in [1.165, 1.54) is 38.0 Å². The highest BCUT2D eigenvalue weighted by molar-refractivity contribution is 5.15. The van der Waals surface area contributed by atoms with Gasteiger partial charge in [-0.15, -0.1) is 0 Å². The van der Waals surface area contributed by atoms with Gasteiger partial charge >= 0.3 is 0 Å². The van der Waals surface area contributed by atoms with E-state index in [0.717, 1.165) is 19.0 Å². The normalized spacial score (nSPS) is 18.1. The summed E-state index contributed by atoms with van der Waals surface area (Å²) in [5.41, 5.74) is 1.51. The van der Waals surface area contributed by atoms with Crippen LogP contribution in [-0.2, 0) is 5.41 Å². The molecule has 2 rings (SSSR count). The first kappa shape index (κ1) is 13.6. The molecule has 0 bridgehead atoms. The first-order chi connectivity index (χ1) is 8.68. The van der Waals surface area contributed by atoms with Crippen LogP contribution in [0.4, 0.5) is 0 Å².